The van der Waals surface area contributed by atoms with Crippen molar-refractivity contribution in [2.45, 2.75) is 39.2 Å². The fraction of sp³-hybridized carbons (Fsp3) is 0.571. The molecule has 0 amide bonds. The predicted molar refractivity (Wildman–Crippen MR) is 66.6 cm³/mol. The normalized spacial score (nSPS) is 15.1. The third-order valence-electron chi connectivity index (χ3n) is 2.79. The molecule has 0 aliphatic rings. The first-order valence-corrected chi connectivity index (χ1v) is 5.88. The topological polar surface area (TPSA) is 29.5 Å². The summed E-state index contributed by atoms with van der Waals surface area (Å²) in [5.74, 6) is 0.519. The van der Waals surface area contributed by atoms with Crippen molar-refractivity contribution in [1.82, 2.24) is 0 Å². The molecule has 0 fully saturated rings. The van der Waals surface area contributed by atoms with Crippen LogP contribution >= 0.6 is 0 Å². The monoisotopic (exact) mass is 222 g/mol. The van der Waals surface area contributed by atoms with Crippen molar-refractivity contribution in [2.24, 2.45) is 0 Å². The maximum Gasteiger partial charge on any atom is 0.110 e. The minimum absolute atomic E-state index is 0.338. The Morgan fingerprint density at radius 2 is 1.81 bits per heavy atom. The Morgan fingerprint density at radius 3 is 2.25 bits per heavy atom. The molecule has 0 bridgehead atoms. The van der Waals surface area contributed by atoms with Crippen molar-refractivity contribution >= 4 is 0 Å². The van der Waals surface area contributed by atoms with E-state index in [2.05, 4.69) is 26.0 Å². The van der Waals surface area contributed by atoms with Crippen LogP contribution in [0.4, 0.5) is 0 Å². The SMILES string of the molecule is CCOCC(C)(O)c1ccc(C(C)C)cc1. The van der Waals surface area contributed by atoms with E-state index in [1.54, 1.807) is 6.92 Å². The summed E-state index contributed by atoms with van der Waals surface area (Å²) >= 11 is 0. The molecule has 0 saturated heterocycles. The molecular formula is C14H22O2. The van der Waals surface area contributed by atoms with Gasteiger partial charge in [0.25, 0.3) is 0 Å². The summed E-state index contributed by atoms with van der Waals surface area (Å²) in [6, 6.07) is 8.10. The van der Waals surface area contributed by atoms with Crippen LogP contribution in [0.3, 0.4) is 0 Å². The summed E-state index contributed by atoms with van der Waals surface area (Å²) in [6.07, 6.45) is 0. The Bertz CT molecular complexity index is 312. The molecule has 1 rings (SSSR count). The van der Waals surface area contributed by atoms with Crippen LogP contribution in [-0.2, 0) is 10.3 Å². The molecule has 1 atom stereocenters. The molecule has 0 heterocycles. The molecule has 1 N–H and O–H groups in total. The zero-order chi connectivity index (χ0) is 12.2. The van der Waals surface area contributed by atoms with E-state index in [4.69, 9.17) is 4.74 Å². The number of hydrogen-bond acceptors (Lipinski definition) is 2. The molecular weight excluding hydrogens is 200 g/mol. The zero-order valence-electron chi connectivity index (χ0n) is 10.7. The first kappa shape index (κ1) is 13.2. The van der Waals surface area contributed by atoms with Crippen LogP contribution in [-0.4, -0.2) is 18.3 Å². The van der Waals surface area contributed by atoms with E-state index in [1.165, 1.54) is 5.56 Å². The van der Waals surface area contributed by atoms with Gasteiger partial charge >= 0.3 is 0 Å². The largest absolute Gasteiger partial charge is 0.383 e. The highest BCUT2D eigenvalue weighted by atomic mass is 16.5. The Morgan fingerprint density at radius 1 is 1.25 bits per heavy atom. The van der Waals surface area contributed by atoms with Crippen molar-refractivity contribution in [2.75, 3.05) is 13.2 Å². The van der Waals surface area contributed by atoms with Gasteiger partial charge in [-0.3, -0.25) is 0 Å². The van der Waals surface area contributed by atoms with Crippen LogP contribution in [0.5, 0.6) is 0 Å². The molecule has 0 aliphatic carbocycles. The van der Waals surface area contributed by atoms with E-state index in [1.807, 2.05) is 19.1 Å². The highest BCUT2D eigenvalue weighted by Crippen LogP contribution is 2.23. The molecule has 0 spiro atoms. The molecule has 1 aromatic rings. The molecule has 2 heteroatoms. The lowest BCUT2D eigenvalue weighted by atomic mass is 9.93. The fourth-order valence-electron chi connectivity index (χ4n) is 1.61. The molecule has 2 nitrogen and oxygen atoms in total. The van der Waals surface area contributed by atoms with Gasteiger partial charge in [0.2, 0.25) is 0 Å². The smallest absolute Gasteiger partial charge is 0.110 e. The van der Waals surface area contributed by atoms with E-state index in [9.17, 15) is 5.11 Å². The Kier molecular flexibility index (Phi) is 4.51. The van der Waals surface area contributed by atoms with Crippen LogP contribution < -0.4 is 0 Å². The van der Waals surface area contributed by atoms with Crippen LogP contribution in [0.2, 0.25) is 0 Å². The standard InChI is InChI=1S/C14H22O2/c1-5-16-10-14(4,15)13-8-6-12(7-9-13)11(2)3/h6-9,11,15H,5,10H2,1-4H3. The molecule has 16 heavy (non-hydrogen) atoms. The Labute approximate surface area is 98.3 Å². The van der Waals surface area contributed by atoms with Crippen LogP contribution in [0.25, 0.3) is 0 Å². The van der Waals surface area contributed by atoms with Gasteiger partial charge in [-0.05, 0) is 30.9 Å². The number of aliphatic hydroxyl groups is 1. The molecule has 0 aromatic heterocycles. The zero-order valence-corrected chi connectivity index (χ0v) is 10.7. The van der Waals surface area contributed by atoms with Crippen molar-refractivity contribution < 1.29 is 9.84 Å². The fourth-order valence-corrected chi connectivity index (χ4v) is 1.61. The Balaban J connectivity index is 2.79. The number of ether oxygens (including phenoxy) is 1. The van der Waals surface area contributed by atoms with Gasteiger partial charge < -0.3 is 9.84 Å². The summed E-state index contributed by atoms with van der Waals surface area (Å²) in [5, 5.41) is 10.2. The van der Waals surface area contributed by atoms with E-state index in [-0.39, 0.29) is 0 Å². The quantitative estimate of drug-likeness (QED) is 0.829. The van der Waals surface area contributed by atoms with Crippen molar-refractivity contribution in [3.63, 3.8) is 0 Å². The van der Waals surface area contributed by atoms with Crippen LogP contribution in [0.15, 0.2) is 24.3 Å². The summed E-state index contributed by atoms with van der Waals surface area (Å²) < 4.78 is 5.28. The van der Waals surface area contributed by atoms with Gasteiger partial charge in [0, 0.05) is 6.61 Å². The predicted octanol–water partition coefficient (Wildman–Crippen LogP) is 3.05. The lowest BCUT2D eigenvalue weighted by Crippen LogP contribution is -2.27. The third-order valence-corrected chi connectivity index (χ3v) is 2.79. The van der Waals surface area contributed by atoms with Gasteiger partial charge in [-0.15, -0.1) is 0 Å². The average molecular weight is 222 g/mol. The third kappa shape index (κ3) is 3.32. The van der Waals surface area contributed by atoms with Gasteiger partial charge in [0.05, 0.1) is 6.61 Å². The maximum absolute atomic E-state index is 10.2. The van der Waals surface area contributed by atoms with Gasteiger partial charge in [0.15, 0.2) is 0 Å². The number of benzene rings is 1. The number of hydrogen-bond donors (Lipinski definition) is 1. The van der Waals surface area contributed by atoms with Crippen molar-refractivity contribution in [3.8, 4) is 0 Å². The van der Waals surface area contributed by atoms with Crippen LogP contribution in [0.1, 0.15) is 44.7 Å². The highest BCUT2D eigenvalue weighted by Gasteiger charge is 2.22. The molecule has 0 aliphatic heterocycles. The maximum atomic E-state index is 10.2. The lowest BCUT2D eigenvalue weighted by Gasteiger charge is -2.23. The lowest BCUT2D eigenvalue weighted by molar-refractivity contribution is -0.0343. The van der Waals surface area contributed by atoms with E-state index < -0.39 is 5.60 Å². The molecule has 1 unspecified atom stereocenters. The minimum Gasteiger partial charge on any atom is -0.383 e. The highest BCUT2D eigenvalue weighted by molar-refractivity contribution is 5.28. The average Bonchev–Trinajstić information content (AvgIpc) is 2.26. The van der Waals surface area contributed by atoms with Crippen molar-refractivity contribution in [3.05, 3.63) is 35.4 Å². The summed E-state index contributed by atoms with van der Waals surface area (Å²) in [6.45, 7) is 9.00. The second-order valence-corrected chi connectivity index (χ2v) is 4.69. The second-order valence-electron chi connectivity index (χ2n) is 4.69. The van der Waals surface area contributed by atoms with Crippen LogP contribution in [0, 0.1) is 0 Å². The van der Waals surface area contributed by atoms with E-state index in [0.717, 1.165) is 5.56 Å². The summed E-state index contributed by atoms with van der Waals surface area (Å²) in [4.78, 5) is 0. The second kappa shape index (κ2) is 5.46. The van der Waals surface area contributed by atoms with Gasteiger partial charge in [0.1, 0.15) is 5.60 Å². The first-order chi connectivity index (χ1) is 7.47. The van der Waals surface area contributed by atoms with Gasteiger partial charge in [-0.1, -0.05) is 38.1 Å². The number of rotatable bonds is 5. The van der Waals surface area contributed by atoms with E-state index in [0.29, 0.717) is 19.1 Å². The molecule has 90 valence electrons. The summed E-state index contributed by atoms with van der Waals surface area (Å²) in [5.41, 5.74) is 1.30. The first-order valence-electron chi connectivity index (χ1n) is 5.88. The Hall–Kier alpha value is -0.860. The molecule has 0 radical (unpaired) electrons. The molecule has 1 aromatic carbocycles. The van der Waals surface area contributed by atoms with Gasteiger partial charge in [-0.2, -0.15) is 0 Å². The molecule has 0 saturated carbocycles. The van der Waals surface area contributed by atoms with Gasteiger partial charge in [-0.25, -0.2) is 0 Å². The van der Waals surface area contributed by atoms with E-state index >= 15 is 0 Å². The van der Waals surface area contributed by atoms with Crippen molar-refractivity contribution in [1.29, 1.82) is 0 Å². The summed E-state index contributed by atoms with van der Waals surface area (Å²) in [7, 11) is 0. The minimum atomic E-state index is -0.897.